The summed E-state index contributed by atoms with van der Waals surface area (Å²) in [5.41, 5.74) is 7.85. The molecule has 17 heavy (non-hydrogen) atoms. The van der Waals surface area contributed by atoms with E-state index < -0.39 is 0 Å². The van der Waals surface area contributed by atoms with E-state index in [0.717, 1.165) is 25.7 Å². The molecule has 0 saturated heterocycles. The van der Waals surface area contributed by atoms with Crippen LogP contribution in [0.15, 0.2) is 29.8 Å². The largest absolute Gasteiger partial charge is 0.324 e. The molecule has 1 nitrogen and oxygen atoms in total. The van der Waals surface area contributed by atoms with Crippen LogP contribution in [0, 0.1) is 5.82 Å². The van der Waals surface area contributed by atoms with E-state index in [1.165, 1.54) is 5.57 Å². The average Bonchev–Trinajstić information content (AvgIpc) is 2.49. The number of allylic oxidation sites excluding steroid dienone is 1. The minimum atomic E-state index is -0.298. The third-order valence-corrected chi connectivity index (χ3v) is 3.48. The Bertz CT molecular complexity index is 428. The van der Waals surface area contributed by atoms with Crippen molar-refractivity contribution in [3.8, 4) is 0 Å². The highest BCUT2D eigenvalue weighted by molar-refractivity contribution is 6.30. The van der Waals surface area contributed by atoms with Gasteiger partial charge in [0.1, 0.15) is 5.82 Å². The number of halogens is 2. The van der Waals surface area contributed by atoms with Crippen molar-refractivity contribution in [2.45, 2.75) is 38.1 Å². The van der Waals surface area contributed by atoms with E-state index in [1.807, 2.05) is 0 Å². The maximum Gasteiger partial charge on any atom is 0.145 e. The molecule has 0 radical (unpaired) electrons. The van der Waals surface area contributed by atoms with Crippen molar-refractivity contribution >= 4 is 11.6 Å². The van der Waals surface area contributed by atoms with Gasteiger partial charge in [-0.25, -0.2) is 4.39 Å². The molecule has 0 amide bonds. The molecule has 1 unspecified atom stereocenters. The SMILES string of the molecule is NC1C=C(Cc2cccc(Cl)c2F)CCCC1. The van der Waals surface area contributed by atoms with E-state index in [1.54, 1.807) is 18.2 Å². The van der Waals surface area contributed by atoms with Gasteiger partial charge in [0, 0.05) is 6.04 Å². The first-order valence-corrected chi connectivity index (χ1v) is 6.42. The summed E-state index contributed by atoms with van der Waals surface area (Å²) in [4.78, 5) is 0. The van der Waals surface area contributed by atoms with Gasteiger partial charge in [-0.3, -0.25) is 0 Å². The Morgan fingerprint density at radius 3 is 3.00 bits per heavy atom. The molecule has 1 aliphatic carbocycles. The summed E-state index contributed by atoms with van der Waals surface area (Å²) in [6, 6.07) is 5.28. The highest BCUT2D eigenvalue weighted by Gasteiger charge is 2.12. The van der Waals surface area contributed by atoms with Crippen LogP contribution in [0.1, 0.15) is 31.2 Å². The predicted molar refractivity (Wildman–Crippen MR) is 69.6 cm³/mol. The van der Waals surface area contributed by atoms with Crippen molar-refractivity contribution in [2.75, 3.05) is 0 Å². The maximum atomic E-state index is 13.8. The second-order valence-corrected chi connectivity index (χ2v) is 5.03. The Morgan fingerprint density at radius 2 is 2.18 bits per heavy atom. The van der Waals surface area contributed by atoms with E-state index in [9.17, 15) is 4.39 Å². The van der Waals surface area contributed by atoms with Crippen LogP contribution in [0.4, 0.5) is 4.39 Å². The summed E-state index contributed by atoms with van der Waals surface area (Å²) in [5.74, 6) is -0.298. The molecular formula is C14H17ClFN. The fourth-order valence-corrected chi connectivity index (χ4v) is 2.47. The molecule has 1 atom stereocenters. The zero-order valence-electron chi connectivity index (χ0n) is 9.76. The molecule has 0 aliphatic heterocycles. The first-order chi connectivity index (χ1) is 8.16. The van der Waals surface area contributed by atoms with Gasteiger partial charge in [-0.15, -0.1) is 0 Å². The minimum Gasteiger partial charge on any atom is -0.324 e. The molecule has 0 heterocycles. The van der Waals surface area contributed by atoms with Gasteiger partial charge in [-0.2, -0.15) is 0 Å². The molecule has 2 N–H and O–H groups in total. The van der Waals surface area contributed by atoms with Crippen LogP contribution in [0.25, 0.3) is 0 Å². The number of benzene rings is 1. The van der Waals surface area contributed by atoms with Crippen molar-refractivity contribution in [3.63, 3.8) is 0 Å². The van der Waals surface area contributed by atoms with Gasteiger partial charge in [0.15, 0.2) is 0 Å². The van der Waals surface area contributed by atoms with Crippen LogP contribution in [0.2, 0.25) is 5.02 Å². The average molecular weight is 254 g/mol. The van der Waals surface area contributed by atoms with Crippen LogP contribution in [-0.2, 0) is 6.42 Å². The summed E-state index contributed by atoms with van der Waals surface area (Å²) in [5, 5.41) is 0.195. The summed E-state index contributed by atoms with van der Waals surface area (Å²) in [7, 11) is 0. The normalized spacial score (nSPS) is 20.9. The molecule has 92 valence electrons. The van der Waals surface area contributed by atoms with Gasteiger partial charge >= 0.3 is 0 Å². The standard InChI is InChI=1S/C14H17ClFN/c15-13-7-3-5-11(14(13)16)8-10-4-1-2-6-12(17)9-10/h3,5,7,9,12H,1-2,4,6,8,17H2. The molecule has 0 saturated carbocycles. The Morgan fingerprint density at radius 1 is 1.35 bits per heavy atom. The minimum absolute atomic E-state index is 0.120. The van der Waals surface area contributed by atoms with Crippen molar-refractivity contribution in [1.29, 1.82) is 0 Å². The summed E-state index contributed by atoms with van der Waals surface area (Å²) < 4.78 is 13.8. The Kier molecular flexibility index (Phi) is 4.19. The second-order valence-electron chi connectivity index (χ2n) is 4.62. The van der Waals surface area contributed by atoms with Gasteiger partial charge in [0.2, 0.25) is 0 Å². The molecule has 0 fully saturated rings. The van der Waals surface area contributed by atoms with E-state index >= 15 is 0 Å². The topological polar surface area (TPSA) is 26.0 Å². The molecule has 0 aromatic heterocycles. The summed E-state index contributed by atoms with van der Waals surface area (Å²) >= 11 is 5.77. The lowest BCUT2D eigenvalue weighted by molar-refractivity contribution is 0.611. The first-order valence-electron chi connectivity index (χ1n) is 6.05. The van der Waals surface area contributed by atoms with Crippen molar-refractivity contribution < 1.29 is 4.39 Å². The second kappa shape index (κ2) is 5.65. The monoisotopic (exact) mass is 253 g/mol. The molecule has 1 aliphatic rings. The van der Waals surface area contributed by atoms with Gasteiger partial charge in [0.25, 0.3) is 0 Å². The smallest absolute Gasteiger partial charge is 0.145 e. The van der Waals surface area contributed by atoms with Gasteiger partial charge < -0.3 is 5.73 Å². The van der Waals surface area contributed by atoms with E-state index in [0.29, 0.717) is 12.0 Å². The Balaban J connectivity index is 2.17. The van der Waals surface area contributed by atoms with Crippen LogP contribution in [-0.4, -0.2) is 6.04 Å². The zero-order valence-corrected chi connectivity index (χ0v) is 10.5. The van der Waals surface area contributed by atoms with Crippen LogP contribution in [0.3, 0.4) is 0 Å². The lowest BCUT2D eigenvalue weighted by Gasteiger charge is -2.08. The summed E-state index contributed by atoms with van der Waals surface area (Å²) in [6.07, 6.45) is 7.05. The van der Waals surface area contributed by atoms with E-state index in [4.69, 9.17) is 17.3 Å². The number of nitrogens with two attached hydrogens (primary N) is 1. The molecule has 0 spiro atoms. The number of hydrogen-bond donors (Lipinski definition) is 1. The Hall–Kier alpha value is -0.860. The highest BCUT2D eigenvalue weighted by atomic mass is 35.5. The van der Waals surface area contributed by atoms with Gasteiger partial charge in [-0.1, -0.05) is 41.8 Å². The summed E-state index contributed by atoms with van der Waals surface area (Å²) in [6.45, 7) is 0. The third kappa shape index (κ3) is 3.30. The highest BCUT2D eigenvalue weighted by Crippen LogP contribution is 2.24. The molecule has 1 aromatic rings. The Labute approximate surface area is 106 Å². The van der Waals surface area contributed by atoms with Crippen molar-refractivity contribution in [1.82, 2.24) is 0 Å². The quantitative estimate of drug-likeness (QED) is 0.796. The fourth-order valence-electron chi connectivity index (χ4n) is 2.28. The lowest BCUT2D eigenvalue weighted by atomic mass is 10.0. The zero-order chi connectivity index (χ0) is 12.3. The van der Waals surface area contributed by atoms with Gasteiger partial charge in [0.05, 0.1) is 5.02 Å². The fraction of sp³-hybridized carbons (Fsp3) is 0.429. The van der Waals surface area contributed by atoms with Crippen LogP contribution < -0.4 is 5.73 Å². The predicted octanol–water partition coefficient (Wildman–Crippen LogP) is 3.85. The third-order valence-electron chi connectivity index (χ3n) is 3.18. The number of rotatable bonds is 2. The maximum absolute atomic E-state index is 13.8. The first kappa shape index (κ1) is 12.6. The molecule has 2 rings (SSSR count). The molecule has 0 bridgehead atoms. The molecule has 3 heteroatoms. The lowest BCUT2D eigenvalue weighted by Crippen LogP contribution is -2.16. The van der Waals surface area contributed by atoms with Crippen LogP contribution >= 0.6 is 11.6 Å². The number of hydrogen-bond acceptors (Lipinski definition) is 1. The van der Waals surface area contributed by atoms with E-state index in [-0.39, 0.29) is 16.9 Å². The van der Waals surface area contributed by atoms with Crippen LogP contribution in [0.5, 0.6) is 0 Å². The van der Waals surface area contributed by atoms with Crippen molar-refractivity contribution in [3.05, 3.63) is 46.3 Å². The molecule has 1 aromatic carbocycles. The van der Waals surface area contributed by atoms with E-state index in [2.05, 4.69) is 6.08 Å². The molecular weight excluding hydrogens is 237 g/mol. The van der Waals surface area contributed by atoms with Gasteiger partial charge in [-0.05, 0) is 37.3 Å². The van der Waals surface area contributed by atoms with Crippen molar-refractivity contribution in [2.24, 2.45) is 5.73 Å².